The van der Waals surface area contributed by atoms with Crippen molar-refractivity contribution >= 4 is 40.7 Å². The lowest BCUT2D eigenvalue weighted by atomic mass is 9.90. The van der Waals surface area contributed by atoms with E-state index in [-0.39, 0.29) is 50.3 Å². The number of rotatable bonds is 17. The van der Waals surface area contributed by atoms with Gasteiger partial charge in [0.15, 0.2) is 5.79 Å². The lowest BCUT2D eigenvalue weighted by Gasteiger charge is -2.47. The summed E-state index contributed by atoms with van der Waals surface area (Å²) in [6.45, 7) is 7.93. The summed E-state index contributed by atoms with van der Waals surface area (Å²) in [6.07, 6.45) is 2.79. The maximum Gasteiger partial charge on any atom is 0.407 e. The fourth-order valence-electron chi connectivity index (χ4n) is 7.68. The smallest absolute Gasteiger partial charge is 0.407 e. The van der Waals surface area contributed by atoms with E-state index >= 15 is 0 Å². The second kappa shape index (κ2) is 20.5. The molecular formula is C41H58N4O10. The standard InChI is InChI=1S/C41H58N4O10/c1-4-51-38(48)35(23-28(2)3)44-36(46)18-17-31-24-33(53-40(50)43-26-30-13-7-12-29-11-5-6-15-34(29)30)25-41(54-31)19-8-14-32(55-41)27-52-39(49)42-20-10-22-45-21-9-16-37(45)47/h5-7,11-13,15,28,31-33,35H,4,8-10,14,16-27H2,1-3H3,(H,42,49)(H,43,50)(H,44,46)/t31-,32-,33-,35+,41+/m1/s1. The van der Waals surface area contributed by atoms with Gasteiger partial charge in [-0.1, -0.05) is 56.3 Å². The summed E-state index contributed by atoms with van der Waals surface area (Å²) in [5.41, 5.74) is 0.963. The van der Waals surface area contributed by atoms with E-state index in [1.807, 2.05) is 61.2 Å². The van der Waals surface area contributed by atoms with E-state index in [2.05, 4.69) is 16.0 Å². The van der Waals surface area contributed by atoms with Crippen LogP contribution in [0.25, 0.3) is 10.8 Å². The minimum atomic E-state index is -1.11. The van der Waals surface area contributed by atoms with Crippen LogP contribution in [0.5, 0.6) is 0 Å². The van der Waals surface area contributed by atoms with E-state index < -0.39 is 48.3 Å². The highest BCUT2D eigenvalue weighted by atomic mass is 16.7. The predicted molar refractivity (Wildman–Crippen MR) is 204 cm³/mol. The van der Waals surface area contributed by atoms with E-state index in [1.54, 1.807) is 6.92 Å². The van der Waals surface area contributed by atoms with Crippen LogP contribution in [0.2, 0.25) is 0 Å². The van der Waals surface area contributed by atoms with Gasteiger partial charge in [0.25, 0.3) is 0 Å². The number of carbonyl (C=O) groups is 5. The molecule has 2 aromatic carbocycles. The van der Waals surface area contributed by atoms with Gasteiger partial charge in [-0.15, -0.1) is 0 Å². The van der Waals surface area contributed by atoms with Crippen LogP contribution in [0.1, 0.15) is 97.0 Å². The highest BCUT2D eigenvalue weighted by molar-refractivity contribution is 5.86. The molecule has 3 fully saturated rings. The summed E-state index contributed by atoms with van der Waals surface area (Å²) in [5, 5.41) is 10.6. The fourth-order valence-corrected chi connectivity index (χ4v) is 7.68. The molecule has 0 aromatic heterocycles. The average Bonchev–Trinajstić information content (AvgIpc) is 3.57. The van der Waals surface area contributed by atoms with Gasteiger partial charge >= 0.3 is 18.2 Å². The van der Waals surface area contributed by atoms with Crippen molar-refractivity contribution in [2.45, 2.75) is 128 Å². The summed E-state index contributed by atoms with van der Waals surface area (Å²) in [6, 6.07) is 13.2. The third kappa shape index (κ3) is 12.8. The fraction of sp³-hybridized carbons (Fsp3) is 0.634. The van der Waals surface area contributed by atoms with Gasteiger partial charge in [0.2, 0.25) is 11.8 Å². The van der Waals surface area contributed by atoms with Crippen LogP contribution in [0.4, 0.5) is 9.59 Å². The lowest BCUT2D eigenvalue weighted by molar-refractivity contribution is -0.329. The first-order valence-electron chi connectivity index (χ1n) is 19.9. The molecule has 1 spiro atoms. The second-order valence-corrected chi connectivity index (χ2v) is 15.1. The normalized spacial score (nSPS) is 23.0. The molecule has 3 N–H and O–H groups in total. The number of esters is 1. The van der Waals surface area contributed by atoms with Gasteiger partial charge in [0.1, 0.15) is 18.8 Å². The molecule has 302 valence electrons. The van der Waals surface area contributed by atoms with Crippen molar-refractivity contribution in [3.05, 3.63) is 48.0 Å². The number of hydrogen-bond donors (Lipinski definition) is 3. The number of carbonyl (C=O) groups excluding carboxylic acids is 5. The largest absolute Gasteiger partial charge is 0.464 e. The molecule has 0 aliphatic carbocycles. The van der Waals surface area contributed by atoms with Crippen molar-refractivity contribution in [2.75, 3.05) is 32.8 Å². The van der Waals surface area contributed by atoms with E-state index in [9.17, 15) is 24.0 Å². The molecular weight excluding hydrogens is 708 g/mol. The van der Waals surface area contributed by atoms with Gasteiger partial charge in [-0.3, -0.25) is 9.59 Å². The number of likely N-dealkylation sites (tertiary alicyclic amines) is 1. The zero-order valence-electron chi connectivity index (χ0n) is 32.5. The van der Waals surface area contributed by atoms with Gasteiger partial charge in [-0.2, -0.15) is 0 Å². The minimum absolute atomic E-state index is 0.0107. The highest BCUT2D eigenvalue weighted by Crippen LogP contribution is 2.41. The van der Waals surface area contributed by atoms with Gasteiger partial charge in [-0.05, 0) is 67.7 Å². The third-order valence-corrected chi connectivity index (χ3v) is 10.2. The molecule has 3 aliphatic rings. The van der Waals surface area contributed by atoms with Crippen LogP contribution in [-0.2, 0) is 44.6 Å². The summed E-state index contributed by atoms with van der Waals surface area (Å²) in [5.74, 6) is -1.56. The van der Waals surface area contributed by atoms with E-state index in [4.69, 9.17) is 23.7 Å². The first kappa shape index (κ1) is 41.7. The van der Waals surface area contributed by atoms with Crippen molar-refractivity contribution in [1.82, 2.24) is 20.9 Å². The van der Waals surface area contributed by atoms with Crippen LogP contribution in [-0.4, -0.2) is 97.9 Å². The van der Waals surface area contributed by atoms with Gasteiger partial charge in [-0.25, -0.2) is 14.4 Å². The Balaban J connectivity index is 1.18. The molecule has 0 bridgehead atoms. The number of ether oxygens (including phenoxy) is 5. The lowest BCUT2D eigenvalue weighted by Crippen LogP contribution is -2.54. The monoisotopic (exact) mass is 766 g/mol. The van der Waals surface area contributed by atoms with Gasteiger partial charge < -0.3 is 44.5 Å². The molecule has 0 saturated carbocycles. The molecule has 14 heteroatoms. The molecule has 55 heavy (non-hydrogen) atoms. The Morgan fingerprint density at radius 1 is 0.982 bits per heavy atom. The Labute approximate surface area is 323 Å². The number of nitrogens with zero attached hydrogens (tertiary/aromatic N) is 1. The SMILES string of the molecule is CCOC(=O)[C@H](CC(C)C)NC(=O)CC[C@@H]1C[C@@H](OC(=O)NCc2cccc3ccccc23)C[C@@]2(CCC[C@H](COC(=O)NCCCN3CCCC3=O)O2)O1. The van der Waals surface area contributed by atoms with Crippen LogP contribution in [0.3, 0.4) is 0 Å². The Morgan fingerprint density at radius 3 is 2.56 bits per heavy atom. The van der Waals surface area contributed by atoms with Crippen LogP contribution >= 0.6 is 0 Å². The van der Waals surface area contributed by atoms with Crippen molar-refractivity contribution in [1.29, 1.82) is 0 Å². The Hall–Kier alpha value is -4.43. The summed E-state index contributed by atoms with van der Waals surface area (Å²) >= 11 is 0. The van der Waals surface area contributed by atoms with Crippen molar-refractivity contribution in [3.8, 4) is 0 Å². The third-order valence-electron chi connectivity index (χ3n) is 10.2. The van der Waals surface area contributed by atoms with Gasteiger partial charge in [0.05, 0.1) is 18.8 Å². The molecule has 0 unspecified atom stereocenters. The molecule has 0 radical (unpaired) electrons. The zero-order chi connectivity index (χ0) is 39.2. The summed E-state index contributed by atoms with van der Waals surface area (Å²) in [7, 11) is 0. The molecule has 14 nitrogen and oxygen atoms in total. The van der Waals surface area contributed by atoms with Crippen molar-refractivity contribution < 1.29 is 47.7 Å². The molecule has 4 amide bonds. The van der Waals surface area contributed by atoms with E-state index in [1.165, 1.54) is 0 Å². The van der Waals surface area contributed by atoms with Crippen molar-refractivity contribution in [3.63, 3.8) is 0 Å². The maximum absolute atomic E-state index is 13.2. The second-order valence-electron chi connectivity index (χ2n) is 15.1. The van der Waals surface area contributed by atoms with E-state index in [0.717, 1.165) is 35.7 Å². The average molecular weight is 767 g/mol. The van der Waals surface area contributed by atoms with Crippen molar-refractivity contribution in [2.24, 2.45) is 5.92 Å². The molecule has 2 aromatic rings. The summed E-state index contributed by atoms with van der Waals surface area (Å²) in [4.78, 5) is 65.1. The Kier molecular flexibility index (Phi) is 15.5. The Morgan fingerprint density at radius 2 is 1.78 bits per heavy atom. The van der Waals surface area contributed by atoms with Crippen LogP contribution in [0, 0.1) is 5.92 Å². The first-order valence-corrected chi connectivity index (χ1v) is 19.9. The van der Waals surface area contributed by atoms with E-state index in [0.29, 0.717) is 58.0 Å². The molecule has 3 heterocycles. The Bertz CT molecular complexity index is 1620. The maximum atomic E-state index is 13.2. The van der Waals surface area contributed by atoms with Crippen LogP contribution < -0.4 is 16.0 Å². The minimum Gasteiger partial charge on any atom is -0.464 e. The number of nitrogens with one attached hydrogen (secondary N) is 3. The molecule has 3 aliphatic heterocycles. The quantitative estimate of drug-likeness (QED) is 0.106. The van der Waals surface area contributed by atoms with Crippen LogP contribution in [0.15, 0.2) is 42.5 Å². The number of amides is 4. The topological polar surface area (TPSA) is 171 Å². The first-order chi connectivity index (χ1) is 26.5. The zero-order valence-corrected chi connectivity index (χ0v) is 32.5. The predicted octanol–water partition coefficient (Wildman–Crippen LogP) is 5.49. The van der Waals surface area contributed by atoms with Gasteiger partial charge in [0, 0.05) is 58.3 Å². The highest BCUT2D eigenvalue weighted by Gasteiger charge is 2.47. The summed E-state index contributed by atoms with van der Waals surface area (Å²) < 4.78 is 29.8. The molecule has 5 rings (SSSR count). The number of fused-ring (bicyclic) bond motifs is 1. The molecule has 5 atom stereocenters. The number of benzene rings is 2. The molecule has 3 saturated heterocycles. The number of alkyl carbamates (subject to hydrolysis) is 2. The number of hydrogen-bond acceptors (Lipinski definition) is 10.